The summed E-state index contributed by atoms with van der Waals surface area (Å²) in [4.78, 5) is 23.1. The van der Waals surface area contributed by atoms with Crippen molar-refractivity contribution in [2.45, 2.75) is 14.6 Å². The first kappa shape index (κ1) is 38.2. The monoisotopic (exact) mass is 906 g/mol. The molecule has 53 heavy (non-hydrogen) atoms. The van der Waals surface area contributed by atoms with Crippen molar-refractivity contribution in [1.29, 1.82) is 0 Å². The Kier molecular flexibility index (Phi) is 11.1. The molecule has 5 aromatic carbocycles. The topological polar surface area (TPSA) is 252 Å². The second kappa shape index (κ2) is 15.5. The van der Waals surface area contributed by atoms with Gasteiger partial charge in [-0.05, 0) is 58.8 Å². The van der Waals surface area contributed by atoms with Crippen molar-refractivity contribution in [3.63, 3.8) is 0 Å². The minimum Gasteiger partial charge on any atom is -0.505 e. The number of hydrogen-bond acceptors (Lipinski definition) is 14. The summed E-state index contributed by atoms with van der Waals surface area (Å²) in [5.41, 5.74) is -0.256. The van der Waals surface area contributed by atoms with E-state index in [2.05, 4.69) is 73.0 Å². The van der Waals surface area contributed by atoms with E-state index in [0.29, 0.717) is 5.69 Å². The van der Waals surface area contributed by atoms with Crippen LogP contribution in [0.3, 0.4) is 0 Å². The van der Waals surface area contributed by atoms with Crippen LogP contribution in [0.4, 0.5) is 40.3 Å². The Labute approximate surface area is 324 Å². The fourth-order valence-corrected chi connectivity index (χ4v) is 6.99. The van der Waals surface area contributed by atoms with Crippen LogP contribution in [0.5, 0.6) is 5.75 Å². The Morgan fingerprint density at radius 3 is 2.13 bits per heavy atom. The summed E-state index contributed by atoms with van der Waals surface area (Å²) in [5.74, 6) is -1.19. The number of benzene rings is 5. The molecule has 0 aliphatic heterocycles. The van der Waals surface area contributed by atoms with E-state index in [9.17, 15) is 36.5 Å². The number of carbonyl (C=O) groups is 1. The van der Waals surface area contributed by atoms with E-state index >= 15 is 0 Å². The van der Waals surface area contributed by atoms with Crippen LogP contribution in [0.1, 0.15) is 0 Å². The molecule has 1 unspecified atom stereocenters. The van der Waals surface area contributed by atoms with Crippen LogP contribution in [-0.4, -0.2) is 62.8 Å². The van der Waals surface area contributed by atoms with Gasteiger partial charge in [0.05, 0.1) is 10.6 Å². The molecule has 1 heterocycles. The maximum absolute atomic E-state index is 12.4. The molecule has 0 saturated heterocycles. The Bertz CT molecular complexity index is 2540. The molecule has 0 aliphatic carbocycles. The van der Waals surface area contributed by atoms with Gasteiger partial charge in [-0.15, -0.1) is 10.2 Å². The Hall–Kier alpha value is -4.51. The third-order valence-electron chi connectivity index (χ3n) is 7.45. The number of phenolic OH excluding ortho intramolecular Hbond substituents is 1. The Morgan fingerprint density at radius 2 is 1.45 bits per heavy atom. The number of aromatic hydroxyl groups is 1. The third-order valence-corrected chi connectivity index (χ3v) is 11.7. The highest BCUT2D eigenvalue weighted by molar-refractivity contribution is 9.12. The number of nitrogens with one attached hydrogen (secondary N) is 3. The molecule has 0 radical (unpaired) electrons. The molecule has 8 N–H and O–H groups in total. The smallest absolute Gasteiger partial charge is 0.296 e. The van der Waals surface area contributed by atoms with Gasteiger partial charge in [0.2, 0.25) is 23.1 Å². The van der Waals surface area contributed by atoms with E-state index in [0.717, 1.165) is 29.0 Å². The number of amides is 1. The van der Waals surface area contributed by atoms with Crippen molar-refractivity contribution in [3.05, 3.63) is 90.2 Å². The van der Waals surface area contributed by atoms with Gasteiger partial charge >= 0.3 is 0 Å². The van der Waals surface area contributed by atoms with E-state index in [1.165, 1.54) is 18.2 Å². The summed E-state index contributed by atoms with van der Waals surface area (Å²) in [7, 11) is -9.48. The highest BCUT2D eigenvalue weighted by atomic mass is 79.9. The number of alkyl halides is 2. The molecule has 0 bridgehead atoms. The second-order valence-electron chi connectivity index (χ2n) is 11.0. The summed E-state index contributed by atoms with van der Waals surface area (Å²) in [5, 5.41) is 30.1. The number of azo groups is 1. The van der Waals surface area contributed by atoms with E-state index in [1.807, 2.05) is 42.5 Å². The number of hydrogen-bond donors (Lipinski definition) is 8. The van der Waals surface area contributed by atoms with Gasteiger partial charge < -0.3 is 34.7 Å². The molecule has 0 spiro atoms. The van der Waals surface area contributed by atoms with Crippen LogP contribution < -0.4 is 16.0 Å². The maximum Gasteiger partial charge on any atom is 0.296 e. The number of anilines is 5. The van der Waals surface area contributed by atoms with Crippen LogP contribution in [0.15, 0.2) is 105 Å². The van der Waals surface area contributed by atoms with Crippen LogP contribution in [0.25, 0.3) is 21.5 Å². The molecule has 1 atom stereocenters. The van der Waals surface area contributed by atoms with Gasteiger partial charge in [-0.3, -0.25) is 9.35 Å². The lowest BCUT2D eigenvalue weighted by Crippen LogP contribution is -2.23. The van der Waals surface area contributed by atoms with E-state index in [4.69, 9.17) is 11.6 Å². The number of aromatic nitrogens is 3. The van der Waals surface area contributed by atoms with Gasteiger partial charge in [0.25, 0.3) is 10.1 Å². The molecule has 6 aromatic rings. The average molecular weight is 909 g/mol. The summed E-state index contributed by atoms with van der Waals surface area (Å²) in [6, 6.07) is 22.3. The average Bonchev–Trinajstić information content (AvgIpc) is 3.10. The molecule has 21 heteroatoms. The lowest BCUT2D eigenvalue weighted by atomic mass is 10.1. The molecule has 16 nitrogen and oxygen atoms in total. The van der Waals surface area contributed by atoms with Gasteiger partial charge in [0.15, 0.2) is 5.75 Å². The number of halogens is 3. The van der Waals surface area contributed by atoms with E-state index in [-0.39, 0.29) is 44.7 Å². The van der Waals surface area contributed by atoms with Gasteiger partial charge in [-0.1, -0.05) is 80.4 Å². The van der Waals surface area contributed by atoms with Crippen LogP contribution in [0.2, 0.25) is 5.28 Å². The predicted octanol–water partition coefficient (Wildman–Crippen LogP) is 9.37. The normalized spacial score (nSPS) is 13.0. The molecule has 0 saturated carbocycles. The first-order valence-electron chi connectivity index (χ1n) is 14.9. The fraction of sp³-hybridized carbons (Fsp3) is 0.0625. The highest BCUT2D eigenvalue weighted by Gasteiger charge is 2.27. The minimum atomic E-state index is -4.90. The predicted molar refractivity (Wildman–Crippen MR) is 210 cm³/mol. The lowest BCUT2D eigenvalue weighted by molar-refractivity contribution is -0.115. The number of phenols is 1. The molecule has 1 amide bonds. The number of fused-ring (bicyclic) bond motifs is 2. The number of nitrogens with zero attached hydrogens (tertiary/aromatic N) is 5. The Morgan fingerprint density at radius 1 is 0.811 bits per heavy atom. The SMILES string of the molecule is O=C(Nc1ccc(S(=O)(=O)O)c(N=Nc2c(S(O)(O)O)cc3cccc(Nc4nc(Cl)nc(Nc5cccc6ccccc56)n4)c3c2O)c1)C(Br)CBr. The number of carbonyl (C=O) groups excluding carboxylic acids is 1. The van der Waals surface area contributed by atoms with Crippen molar-refractivity contribution in [2.75, 3.05) is 21.3 Å². The van der Waals surface area contributed by atoms with Gasteiger partial charge in [-0.25, -0.2) is 0 Å². The molecular weight excluding hydrogens is 884 g/mol. The lowest BCUT2D eigenvalue weighted by Gasteiger charge is -2.22. The molecular formula is C32H25Br2ClN8O8S2. The van der Waals surface area contributed by atoms with Crippen molar-refractivity contribution in [1.82, 2.24) is 15.0 Å². The standard InChI is InChI=1S/C32H25Br2ClN8O8S2/c33-15-20(34)29(45)36-18-11-12-24(52(46,47)48)23(14-18)42-43-27-25(53(49,50)51)13-17-7-4-10-22(26(17)28(27)44)38-32-40-30(35)39-31(41-32)37-21-9-3-6-16-5-1-2-8-19(16)21/h1-14,20,44,49-51H,15H2,(H,36,45)(H,46,47,48)(H2,37,38,39,40,41). The van der Waals surface area contributed by atoms with E-state index < -0.39 is 58.6 Å². The quantitative estimate of drug-likeness (QED) is 0.0343. The van der Waals surface area contributed by atoms with E-state index in [1.54, 1.807) is 6.07 Å². The Balaban J connectivity index is 1.42. The summed E-state index contributed by atoms with van der Waals surface area (Å²) < 4.78 is 65.2. The largest absolute Gasteiger partial charge is 0.505 e. The first-order chi connectivity index (χ1) is 25.1. The zero-order valence-corrected chi connectivity index (χ0v) is 32.1. The molecule has 274 valence electrons. The highest BCUT2D eigenvalue weighted by Crippen LogP contribution is 2.55. The molecule has 6 rings (SSSR count). The van der Waals surface area contributed by atoms with Gasteiger partial charge in [0, 0.05) is 27.5 Å². The minimum absolute atomic E-state index is 0.0168. The van der Waals surface area contributed by atoms with Crippen molar-refractivity contribution in [2.24, 2.45) is 10.2 Å². The molecule has 0 fully saturated rings. The zero-order chi connectivity index (χ0) is 38.1. The summed E-state index contributed by atoms with van der Waals surface area (Å²) >= 11 is 12.6. The van der Waals surface area contributed by atoms with Crippen molar-refractivity contribution < 1.29 is 36.5 Å². The van der Waals surface area contributed by atoms with Gasteiger partial charge in [0.1, 0.15) is 32.0 Å². The number of rotatable bonds is 11. The van der Waals surface area contributed by atoms with Crippen LogP contribution in [-0.2, 0) is 14.9 Å². The first-order valence-corrected chi connectivity index (χ1v) is 20.2. The molecule has 1 aromatic heterocycles. The van der Waals surface area contributed by atoms with Crippen molar-refractivity contribution in [3.8, 4) is 5.75 Å². The van der Waals surface area contributed by atoms with Crippen LogP contribution in [0, 0.1) is 0 Å². The summed E-state index contributed by atoms with van der Waals surface area (Å²) in [6.45, 7) is 0. The third kappa shape index (κ3) is 8.67. The second-order valence-corrected chi connectivity index (χ2v) is 15.9. The summed E-state index contributed by atoms with van der Waals surface area (Å²) in [6.07, 6.45) is 0. The molecule has 0 aliphatic rings. The fourth-order valence-electron chi connectivity index (χ4n) is 5.13. The van der Waals surface area contributed by atoms with Crippen molar-refractivity contribution >= 4 is 132 Å². The van der Waals surface area contributed by atoms with Crippen LogP contribution >= 0.6 is 54.3 Å². The van der Waals surface area contributed by atoms with Gasteiger partial charge in [-0.2, -0.15) is 23.4 Å². The zero-order valence-electron chi connectivity index (χ0n) is 26.5. The maximum atomic E-state index is 12.4.